The number of nitrogens with one attached hydrogen (secondary N) is 1. The highest BCUT2D eigenvalue weighted by molar-refractivity contribution is 6.33. The molecule has 0 amide bonds. The average molecular weight is 146 g/mol. The van der Waals surface area contributed by atoms with Crippen molar-refractivity contribution in [2.24, 2.45) is 0 Å². The first-order chi connectivity index (χ1) is 4.16. The van der Waals surface area contributed by atoms with Crippen molar-refractivity contribution in [2.75, 3.05) is 14.1 Å². The molecule has 0 spiro atoms. The summed E-state index contributed by atoms with van der Waals surface area (Å²) in [6.07, 6.45) is 1.31. The Labute approximate surface area is 60.5 Å². The molecule has 2 nitrogen and oxygen atoms in total. The third kappa shape index (κ3) is 6.02. The first-order valence-electron chi connectivity index (χ1n) is 3.57. The summed E-state index contributed by atoms with van der Waals surface area (Å²) in [6.45, 7) is 4.55. The highest BCUT2D eigenvalue weighted by Gasteiger charge is 1.97. The molecule has 1 unspecified atom stereocenters. The molecule has 0 saturated carbocycles. The van der Waals surface area contributed by atoms with E-state index in [4.69, 9.17) is 0 Å². The van der Waals surface area contributed by atoms with Crippen molar-refractivity contribution in [1.82, 2.24) is 10.1 Å². The van der Waals surface area contributed by atoms with Gasteiger partial charge in [-0.15, -0.1) is 0 Å². The highest BCUT2D eigenvalue weighted by Crippen LogP contribution is 2.02. The van der Waals surface area contributed by atoms with Crippen LogP contribution in [-0.4, -0.2) is 28.8 Å². The van der Waals surface area contributed by atoms with Crippen molar-refractivity contribution in [3.8, 4) is 0 Å². The van der Waals surface area contributed by atoms with E-state index in [2.05, 4.69) is 38.0 Å². The van der Waals surface area contributed by atoms with E-state index in [1.54, 1.807) is 0 Å². The molecule has 0 saturated heterocycles. The second-order valence-corrected chi connectivity index (χ2v) is 4.89. The number of hydrazine groups is 1. The second kappa shape index (κ2) is 4.96. The third-order valence-corrected chi connectivity index (χ3v) is 3.54. The normalized spacial score (nSPS) is 15.7. The minimum atomic E-state index is -0.0359. The first kappa shape index (κ1) is 9.14. The zero-order valence-corrected chi connectivity index (χ0v) is 8.35. The van der Waals surface area contributed by atoms with Gasteiger partial charge < -0.3 is 0 Å². The van der Waals surface area contributed by atoms with Crippen LogP contribution in [0.4, 0.5) is 0 Å². The van der Waals surface area contributed by atoms with E-state index in [-0.39, 0.29) is 9.68 Å². The number of hydrogen-bond donors (Lipinski definition) is 1. The molecule has 0 fully saturated rings. The Bertz CT molecular complexity index is 66.1. The summed E-state index contributed by atoms with van der Waals surface area (Å²) >= 11 is 0. The zero-order valence-electron chi connectivity index (χ0n) is 6.94. The van der Waals surface area contributed by atoms with Crippen molar-refractivity contribution in [3.63, 3.8) is 0 Å². The predicted octanol–water partition coefficient (Wildman–Crippen LogP) is 0.355. The molecule has 0 aliphatic carbocycles. The van der Waals surface area contributed by atoms with Gasteiger partial charge in [0.05, 0.1) is 0 Å². The van der Waals surface area contributed by atoms with Crippen LogP contribution in [0.15, 0.2) is 0 Å². The fraction of sp³-hybridized carbons (Fsp3) is 1.00. The third-order valence-electron chi connectivity index (χ3n) is 1.45. The summed E-state index contributed by atoms with van der Waals surface area (Å²) in [5, 5.41) is 5.42. The van der Waals surface area contributed by atoms with Crippen LogP contribution >= 0.6 is 0 Å². The van der Waals surface area contributed by atoms with Gasteiger partial charge in [-0.1, -0.05) is 20.3 Å². The lowest BCUT2D eigenvalue weighted by molar-refractivity contribution is 0.370. The van der Waals surface area contributed by atoms with Crippen LogP contribution in [0.3, 0.4) is 0 Å². The van der Waals surface area contributed by atoms with Crippen LogP contribution in [0, 0.1) is 0 Å². The molecule has 3 heteroatoms. The fourth-order valence-corrected chi connectivity index (χ4v) is 1.45. The van der Waals surface area contributed by atoms with Crippen LogP contribution < -0.4 is 5.09 Å². The minimum absolute atomic E-state index is 0.0359. The molecular weight excluding hydrogens is 128 g/mol. The lowest BCUT2D eigenvalue weighted by Crippen LogP contribution is -2.35. The predicted molar refractivity (Wildman–Crippen MR) is 45.1 cm³/mol. The number of hydrogen-bond acceptors (Lipinski definition) is 2. The molecule has 0 radical (unpaired) electrons. The van der Waals surface area contributed by atoms with E-state index in [1.165, 1.54) is 6.42 Å². The lowest BCUT2D eigenvalue weighted by Gasteiger charge is -2.14. The Morgan fingerprint density at radius 1 is 1.56 bits per heavy atom. The molecule has 0 aromatic rings. The maximum Gasteiger partial charge on any atom is 0.113 e. The van der Waals surface area contributed by atoms with Crippen molar-refractivity contribution in [2.45, 2.75) is 25.8 Å². The second-order valence-electron chi connectivity index (χ2n) is 2.77. The van der Waals surface area contributed by atoms with Crippen molar-refractivity contribution >= 4 is 9.68 Å². The van der Waals surface area contributed by atoms with E-state index in [0.717, 1.165) is 5.54 Å². The smallest absolute Gasteiger partial charge is 0.113 e. The molecule has 1 N–H and O–H groups in total. The van der Waals surface area contributed by atoms with E-state index in [1.807, 2.05) is 0 Å². The number of rotatable bonds is 4. The lowest BCUT2D eigenvalue weighted by atomic mass is 10.4. The van der Waals surface area contributed by atoms with Crippen molar-refractivity contribution in [3.05, 3.63) is 0 Å². The monoisotopic (exact) mass is 146 g/mol. The molecule has 0 aliphatic rings. The Kier molecular flexibility index (Phi) is 5.04. The maximum atomic E-state index is 3.37. The van der Waals surface area contributed by atoms with Crippen molar-refractivity contribution in [1.29, 1.82) is 0 Å². The van der Waals surface area contributed by atoms with Gasteiger partial charge in [0.2, 0.25) is 0 Å². The summed E-state index contributed by atoms with van der Waals surface area (Å²) in [7, 11) is 4.07. The molecule has 56 valence electrons. The summed E-state index contributed by atoms with van der Waals surface area (Å²) in [4.78, 5) is 0. The summed E-state index contributed by atoms with van der Waals surface area (Å²) in [5.41, 5.74) is 0.924. The molecule has 0 rings (SSSR count). The van der Waals surface area contributed by atoms with Gasteiger partial charge in [-0.3, -0.25) is 10.1 Å². The van der Waals surface area contributed by atoms with Crippen LogP contribution in [0.1, 0.15) is 20.3 Å². The Hall–Kier alpha value is 0.137. The molecule has 9 heavy (non-hydrogen) atoms. The standard InChI is InChI=1S/C6H18N2Si/c1-5-6(2)9-7-8(3)4/h6-7H,5,9H2,1-4H3. The molecule has 0 heterocycles. The van der Waals surface area contributed by atoms with E-state index in [9.17, 15) is 0 Å². The maximum absolute atomic E-state index is 3.37. The molecule has 1 atom stereocenters. The van der Waals surface area contributed by atoms with Crippen LogP contribution in [0.2, 0.25) is 5.54 Å². The molecular formula is C6H18N2Si. The molecule has 0 aromatic carbocycles. The van der Waals surface area contributed by atoms with Crippen molar-refractivity contribution < 1.29 is 0 Å². The highest BCUT2D eigenvalue weighted by atomic mass is 28.2. The van der Waals surface area contributed by atoms with E-state index >= 15 is 0 Å². The largest absolute Gasteiger partial charge is 0.284 e. The minimum Gasteiger partial charge on any atom is -0.284 e. The first-order valence-corrected chi connectivity index (χ1v) is 5.10. The van der Waals surface area contributed by atoms with Crippen LogP contribution in [0.5, 0.6) is 0 Å². The average Bonchev–Trinajstić information content (AvgIpc) is 1.83. The van der Waals surface area contributed by atoms with E-state index < -0.39 is 0 Å². The van der Waals surface area contributed by atoms with Gasteiger partial charge in [0.25, 0.3) is 0 Å². The van der Waals surface area contributed by atoms with Gasteiger partial charge in [-0.25, -0.2) is 0 Å². The van der Waals surface area contributed by atoms with Gasteiger partial charge in [0.15, 0.2) is 0 Å². The van der Waals surface area contributed by atoms with Gasteiger partial charge in [0.1, 0.15) is 9.68 Å². The molecule has 0 aliphatic heterocycles. The molecule has 0 bridgehead atoms. The summed E-state index contributed by atoms with van der Waals surface area (Å²) < 4.78 is 0. The van der Waals surface area contributed by atoms with Gasteiger partial charge in [-0.2, -0.15) is 0 Å². The Morgan fingerprint density at radius 3 is 2.44 bits per heavy atom. The zero-order chi connectivity index (χ0) is 7.28. The topological polar surface area (TPSA) is 15.3 Å². The quantitative estimate of drug-likeness (QED) is 0.455. The number of nitrogens with zero attached hydrogens (tertiary/aromatic N) is 1. The van der Waals surface area contributed by atoms with Crippen LogP contribution in [-0.2, 0) is 0 Å². The SMILES string of the molecule is CCC(C)[SiH2]NN(C)C. The van der Waals surface area contributed by atoms with Gasteiger partial charge in [-0.05, 0) is 5.54 Å². The van der Waals surface area contributed by atoms with Gasteiger partial charge >= 0.3 is 0 Å². The van der Waals surface area contributed by atoms with E-state index in [0.29, 0.717) is 0 Å². The Morgan fingerprint density at radius 2 is 2.11 bits per heavy atom. The Balaban J connectivity index is 3.06. The van der Waals surface area contributed by atoms with Crippen LogP contribution in [0.25, 0.3) is 0 Å². The summed E-state index contributed by atoms with van der Waals surface area (Å²) in [5.74, 6) is 0. The van der Waals surface area contributed by atoms with Gasteiger partial charge in [0, 0.05) is 14.1 Å². The fourth-order valence-electron chi connectivity index (χ4n) is 0.483. The molecule has 0 aromatic heterocycles. The summed E-state index contributed by atoms with van der Waals surface area (Å²) in [6, 6.07) is 0.